The molecular formula is C28H30ClIN2O7. The molecule has 0 heterocycles. The Hall–Kier alpha value is -2.67. The molecule has 0 bridgehead atoms. The van der Waals surface area contributed by atoms with Gasteiger partial charge in [-0.3, -0.25) is 14.4 Å². The van der Waals surface area contributed by atoms with Crippen molar-refractivity contribution in [3.63, 3.8) is 0 Å². The summed E-state index contributed by atoms with van der Waals surface area (Å²) in [6.07, 6.45) is 1.69. The summed E-state index contributed by atoms with van der Waals surface area (Å²) in [5, 5.41) is 24.0. The van der Waals surface area contributed by atoms with Crippen molar-refractivity contribution in [1.29, 1.82) is 0 Å². The zero-order valence-electron chi connectivity index (χ0n) is 21.3. The van der Waals surface area contributed by atoms with E-state index in [0.717, 1.165) is 18.4 Å². The molecule has 208 valence electrons. The van der Waals surface area contributed by atoms with Crippen molar-refractivity contribution in [3.05, 3.63) is 67.8 Å². The average molecular weight is 669 g/mol. The largest absolute Gasteiger partial charge is 0.493 e. The number of nitrogens with one attached hydrogen (secondary N) is 1. The van der Waals surface area contributed by atoms with E-state index >= 15 is 0 Å². The monoisotopic (exact) mass is 668 g/mol. The fraction of sp³-hybridized carbons (Fsp3) is 0.393. The second-order valence-corrected chi connectivity index (χ2v) is 11.1. The van der Waals surface area contributed by atoms with Gasteiger partial charge in [0.05, 0.1) is 23.3 Å². The Morgan fingerprint density at radius 1 is 1.23 bits per heavy atom. The Labute approximate surface area is 245 Å². The number of benzene rings is 2. The van der Waals surface area contributed by atoms with E-state index < -0.39 is 24.2 Å². The highest BCUT2D eigenvalue weighted by molar-refractivity contribution is 14.1. The maximum Gasteiger partial charge on any atom is 0.247 e. The molecule has 3 unspecified atom stereocenters. The highest BCUT2D eigenvalue weighted by Crippen LogP contribution is 2.38. The van der Waals surface area contributed by atoms with E-state index in [2.05, 4.69) is 5.32 Å². The number of carbonyl (C=O) groups excluding carboxylic acids is 3. The summed E-state index contributed by atoms with van der Waals surface area (Å²) in [6.45, 7) is 0.0526. The van der Waals surface area contributed by atoms with E-state index in [9.17, 15) is 24.6 Å². The normalized spacial score (nSPS) is 20.5. The van der Waals surface area contributed by atoms with E-state index in [4.69, 9.17) is 21.1 Å². The van der Waals surface area contributed by atoms with Gasteiger partial charge >= 0.3 is 0 Å². The van der Waals surface area contributed by atoms with Crippen LogP contribution in [0.5, 0.6) is 11.5 Å². The molecule has 2 aromatic carbocycles. The molecule has 1 fully saturated rings. The van der Waals surface area contributed by atoms with E-state index in [1.54, 1.807) is 29.2 Å². The van der Waals surface area contributed by atoms with Crippen molar-refractivity contribution in [2.45, 2.75) is 44.1 Å². The number of rotatable bonds is 11. The molecule has 0 saturated heterocycles. The molecule has 9 nitrogen and oxygen atoms in total. The van der Waals surface area contributed by atoms with Crippen LogP contribution >= 0.6 is 34.2 Å². The molecule has 2 aliphatic carbocycles. The maximum absolute atomic E-state index is 13.5. The van der Waals surface area contributed by atoms with Crippen LogP contribution in [0.2, 0.25) is 5.02 Å². The zero-order chi connectivity index (χ0) is 28.1. The summed E-state index contributed by atoms with van der Waals surface area (Å²) in [4.78, 5) is 39.5. The first kappa shape index (κ1) is 29.3. The number of nitrogens with zero attached hydrogens (tertiary/aromatic N) is 1. The van der Waals surface area contributed by atoms with Crippen LogP contribution in [-0.4, -0.2) is 71.7 Å². The summed E-state index contributed by atoms with van der Waals surface area (Å²) in [7, 11) is 1.44. The number of aldehydes is 1. The van der Waals surface area contributed by atoms with Gasteiger partial charge in [0, 0.05) is 41.6 Å². The molecule has 4 rings (SSSR count). The minimum Gasteiger partial charge on any atom is -0.493 e. The van der Waals surface area contributed by atoms with Crippen molar-refractivity contribution in [2.24, 2.45) is 5.92 Å². The molecule has 39 heavy (non-hydrogen) atoms. The summed E-state index contributed by atoms with van der Waals surface area (Å²) in [6, 6.07) is 9.52. The summed E-state index contributed by atoms with van der Waals surface area (Å²) < 4.78 is 12.3. The number of aliphatic hydroxyl groups is 2. The molecule has 0 radical (unpaired) electrons. The van der Waals surface area contributed by atoms with Crippen LogP contribution in [0.15, 0.2) is 48.0 Å². The predicted octanol–water partition coefficient (Wildman–Crippen LogP) is 3.12. The number of amides is 2. The second kappa shape index (κ2) is 13.1. The van der Waals surface area contributed by atoms with Crippen molar-refractivity contribution < 1.29 is 34.1 Å². The molecule has 0 aliphatic heterocycles. The number of hydrogen-bond donors (Lipinski definition) is 3. The Kier molecular flexibility index (Phi) is 9.86. The van der Waals surface area contributed by atoms with Crippen LogP contribution in [0.4, 0.5) is 0 Å². The molecule has 3 atom stereocenters. The number of aliphatic hydroxyl groups excluding tert-OH is 2. The maximum atomic E-state index is 13.5. The lowest BCUT2D eigenvalue weighted by Gasteiger charge is -2.41. The molecule has 2 aliphatic rings. The van der Waals surface area contributed by atoms with Gasteiger partial charge in [-0.1, -0.05) is 23.7 Å². The first-order valence-electron chi connectivity index (χ1n) is 12.6. The number of carbonyl (C=O) groups is 3. The van der Waals surface area contributed by atoms with Gasteiger partial charge in [0.25, 0.3) is 0 Å². The van der Waals surface area contributed by atoms with Gasteiger partial charge < -0.3 is 29.9 Å². The summed E-state index contributed by atoms with van der Waals surface area (Å²) >= 11 is 8.07. The van der Waals surface area contributed by atoms with Crippen LogP contribution in [0.3, 0.4) is 0 Å². The number of hydrogen-bond acceptors (Lipinski definition) is 7. The van der Waals surface area contributed by atoms with Crippen molar-refractivity contribution >= 4 is 52.3 Å². The SMILES string of the molecule is COc1cc(C=O)cc(I)c1OC1C=C(C(=O)NCCO)CC(N(Cc2ccc(Cl)cc2)C(=O)C2CC2)C1O. The van der Waals surface area contributed by atoms with Crippen LogP contribution in [0.25, 0.3) is 0 Å². The lowest BCUT2D eigenvalue weighted by molar-refractivity contribution is -0.140. The Bertz CT molecular complexity index is 1250. The zero-order valence-corrected chi connectivity index (χ0v) is 24.2. The topological polar surface area (TPSA) is 125 Å². The van der Waals surface area contributed by atoms with E-state index in [-0.39, 0.29) is 37.9 Å². The third-order valence-corrected chi connectivity index (χ3v) is 7.79. The van der Waals surface area contributed by atoms with Crippen LogP contribution in [0, 0.1) is 9.49 Å². The number of methoxy groups -OCH3 is 1. The van der Waals surface area contributed by atoms with E-state index in [1.165, 1.54) is 13.2 Å². The second-order valence-electron chi connectivity index (χ2n) is 9.53. The fourth-order valence-electron chi connectivity index (χ4n) is 4.55. The lowest BCUT2D eigenvalue weighted by atomic mass is 9.87. The predicted molar refractivity (Wildman–Crippen MR) is 153 cm³/mol. The standard InChI is InChI=1S/C28H30ClIN2O7/c1-38-24-11-17(15-34)10-21(30)26(24)39-23-13-19(27(36)31-8-9-33)12-22(25(23)35)32(28(37)18-4-5-18)14-16-2-6-20(29)7-3-16/h2-3,6-7,10-11,13,15,18,22-23,25,33,35H,4-5,8-9,12,14H2,1H3,(H,31,36). The van der Waals surface area contributed by atoms with Gasteiger partial charge in [-0.2, -0.15) is 0 Å². The molecular weight excluding hydrogens is 639 g/mol. The minimum atomic E-state index is -1.18. The van der Waals surface area contributed by atoms with Crippen LogP contribution in [-0.2, 0) is 16.1 Å². The fourth-order valence-corrected chi connectivity index (χ4v) is 5.43. The van der Waals surface area contributed by atoms with Crippen molar-refractivity contribution in [1.82, 2.24) is 10.2 Å². The first-order chi connectivity index (χ1) is 18.7. The Morgan fingerprint density at radius 2 is 1.95 bits per heavy atom. The molecule has 11 heteroatoms. The lowest BCUT2D eigenvalue weighted by Crippen LogP contribution is -2.55. The highest BCUT2D eigenvalue weighted by Gasteiger charge is 2.44. The van der Waals surface area contributed by atoms with Gasteiger partial charge in [-0.15, -0.1) is 0 Å². The molecule has 2 aromatic rings. The summed E-state index contributed by atoms with van der Waals surface area (Å²) in [5.74, 6) is -0.0360. The van der Waals surface area contributed by atoms with Crippen molar-refractivity contribution in [3.8, 4) is 11.5 Å². The van der Waals surface area contributed by atoms with E-state index in [1.807, 2.05) is 34.7 Å². The van der Waals surface area contributed by atoms with Crippen LogP contribution < -0.4 is 14.8 Å². The molecule has 3 N–H and O–H groups in total. The quantitative estimate of drug-likeness (QED) is 0.248. The van der Waals surface area contributed by atoms with Crippen LogP contribution in [0.1, 0.15) is 35.2 Å². The number of halogens is 2. The summed E-state index contributed by atoms with van der Waals surface area (Å²) in [5.41, 5.74) is 1.56. The first-order valence-corrected chi connectivity index (χ1v) is 14.0. The highest BCUT2D eigenvalue weighted by atomic mass is 127. The van der Waals surface area contributed by atoms with Gasteiger partial charge in [-0.05, 0) is 71.3 Å². The molecule has 1 saturated carbocycles. The molecule has 0 spiro atoms. The van der Waals surface area contributed by atoms with Gasteiger partial charge in [0.1, 0.15) is 18.5 Å². The van der Waals surface area contributed by atoms with Gasteiger partial charge in [-0.25, -0.2) is 0 Å². The Morgan fingerprint density at radius 3 is 2.56 bits per heavy atom. The van der Waals surface area contributed by atoms with E-state index in [0.29, 0.717) is 37.5 Å². The molecule has 0 aromatic heterocycles. The smallest absolute Gasteiger partial charge is 0.247 e. The molecule has 2 amide bonds. The Balaban J connectivity index is 1.71. The third kappa shape index (κ3) is 7.10. The van der Waals surface area contributed by atoms with Gasteiger partial charge in [0.2, 0.25) is 11.8 Å². The number of ether oxygens (including phenoxy) is 2. The van der Waals surface area contributed by atoms with Gasteiger partial charge in [0.15, 0.2) is 11.5 Å². The third-order valence-electron chi connectivity index (χ3n) is 6.73. The average Bonchev–Trinajstić information content (AvgIpc) is 3.78. The van der Waals surface area contributed by atoms with Crippen molar-refractivity contribution in [2.75, 3.05) is 20.3 Å². The minimum absolute atomic E-state index is 0.0588.